The lowest BCUT2D eigenvalue weighted by Gasteiger charge is -2.09. The number of aryl methyl sites for hydroxylation is 1. The van der Waals surface area contributed by atoms with Crippen molar-refractivity contribution < 1.29 is 4.74 Å². The molecular weight excluding hydrogens is 284 g/mol. The van der Waals surface area contributed by atoms with Crippen LogP contribution in [0.4, 0.5) is 0 Å². The van der Waals surface area contributed by atoms with Gasteiger partial charge in [-0.15, -0.1) is 0 Å². The summed E-state index contributed by atoms with van der Waals surface area (Å²) in [5.74, 6) is 0.883. The number of aromatic amines is 1. The Labute approximate surface area is 128 Å². The molecule has 3 aromatic rings. The SMILES string of the molecule is Cc1ccccc1OCc1[nH]cnc1-c1ccc(Cl)cc1. The monoisotopic (exact) mass is 298 g/mol. The number of nitrogens with one attached hydrogen (secondary N) is 1. The number of H-pyrrole nitrogens is 1. The van der Waals surface area contributed by atoms with Crippen molar-refractivity contribution >= 4 is 11.6 Å². The number of benzene rings is 2. The Morgan fingerprint density at radius 1 is 1.10 bits per heavy atom. The van der Waals surface area contributed by atoms with E-state index in [1.165, 1.54) is 0 Å². The molecule has 0 aliphatic rings. The zero-order valence-corrected chi connectivity index (χ0v) is 12.4. The zero-order chi connectivity index (χ0) is 14.7. The second-order valence-electron chi connectivity index (χ2n) is 4.79. The van der Waals surface area contributed by atoms with E-state index in [2.05, 4.69) is 9.97 Å². The Hall–Kier alpha value is -2.26. The molecule has 0 saturated carbocycles. The third kappa shape index (κ3) is 3.09. The number of hydrogen-bond acceptors (Lipinski definition) is 2. The van der Waals surface area contributed by atoms with Crippen LogP contribution in [0.3, 0.4) is 0 Å². The van der Waals surface area contributed by atoms with E-state index in [-0.39, 0.29) is 0 Å². The van der Waals surface area contributed by atoms with Gasteiger partial charge in [-0.3, -0.25) is 0 Å². The Bertz CT molecular complexity index is 735. The van der Waals surface area contributed by atoms with Crippen molar-refractivity contribution in [1.29, 1.82) is 0 Å². The van der Waals surface area contributed by atoms with Gasteiger partial charge < -0.3 is 9.72 Å². The van der Waals surface area contributed by atoms with Gasteiger partial charge in [0.2, 0.25) is 0 Å². The fraction of sp³-hybridized carbons (Fsp3) is 0.118. The van der Waals surface area contributed by atoms with Crippen LogP contribution < -0.4 is 4.74 Å². The predicted molar refractivity (Wildman–Crippen MR) is 84.5 cm³/mol. The molecule has 0 radical (unpaired) electrons. The number of rotatable bonds is 4. The van der Waals surface area contributed by atoms with E-state index in [0.29, 0.717) is 11.6 Å². The minimum Gasteiger partial charge on any atom is -0.487 e. The molecule has 4 heteroatoms. The molecule has 21 heavy (non-hydrogen) atoms. The molecule has 3 nitrogen and oxygen atoms in total. The standard InChI is InChI=1S/C17H15ClN2O/c1-12-4-2-3-5-16(12)21-10-15-17(20-11-19-15)13-6-8-14(18)9-7-13/h2-9,11H,10H2,1H3,(H,19,20). The van der Waals surface area contributed by atoms with Crippen LogP contribution in [0.15, 0.2) is 54.9 Å². The topological polar surface area (TPSA) is 37.9 Å². The van der Waals surface area contributed by atoms with Gasteiger partial charge >= 0.3 is 0 Å². The van der Waals surface area contributed by atoms with Gasteiger partial charge in [-0.05, 0) is 30.7 Å². The number of nitrogens with zero attached hydrogens (tertiary/aromatic N) is 1. The quantitative estimate of drug-likeness (QED) is 0.763. The van der Waals surface area contributed by atoms with Gasteiger partial charge in [-0.1, -0.05) is 41.9 Å². The highest BCUT2D eigenvalue weighted by Crippen LogP contribution is 2.24. The molecule has 0 amide bonds. The first-order chi connectivity index (χ1) is 10.2. The summed E-state index contributed by atoms with van der Waals surface area (Å²) in [7, 11) is 0. The van der Waals surface area contributed by atoms with E-state index in [1.54, 1.807) is 6.33 Å². The van der Waals surface area contributed by atoms with E-state index in [0.717, 1.165) is 28.3 Å². The first-order valence-electron chi connectivity index (χ1n) is 6.70. The number of ether oxygens (including phenoxy) is 1. The smallest absolute Gasteiger partial charge is 0.130 e. The second-order valence-corrected chi connectivity index (χ2v) is 5.23. The van der Waals surface area contributed by atoms with Crippen molar-refractivity contribution in [3.63, 3.8) is 0 Å². The Morgan fingerprint density at radius 2 is 1.86 bits per heavy atom. The average Bonchev–Trinajstić information content (AvgIpc) is 2.96. The van der Waals surface area contributed by atoms with Crippen molar-refractivity contribution in [3.05, 3.63) is 71.1 Å². The zero-order valence-electron chi connectivity index (χ0n) is 11.6. The number of hydrogen-bond donors (Lipinski definition) is 1. The second kappa shape index (κ2) is 6.02. The van der Waals surface area contributed by atoms with E-state index in [1.807, 2.05) is 55.5 Å². The molecular formula is C17H15ClN2O. The van der Waals surface area contributed by atoms with Gasteiger partial charge in [-0.25, -0.2) is 4.98 Å². The summed E-state index contributed by atoms with van der Waals surface area (Å²) >= 11 is 5.92. The van der Waals surface area contributed by atoms with Gasteiger partial charge in [0.15, 0.2) is 0 Å². The molecule has 2 aromatic carbocycles. The van der Waals surface area contributed by atoms with E-state index < -0.39 is 0 Å². The van der Waals surface area contributed by atoms with Crippen LogP contribution in [-0.2, 0) is 6.61 Å². The summed E-state index contributed by atoms with van der Waals surface area (Å²) in [6, 6.07) is 15.6. The molecule has 0 saturated heterocycles. The van der Waals surface area contributed by atoms with Crippen molar-refractivity contribution in [2.75, 3.05) is 0 Å². The highest BCUT2D eigenvalue weighted by molar-refractivity contribution is 6.30. The molecule has 0 unspecified atom stereocenters. The van der Waals surface area contributed by atoms with Crippen molar-refractivity contribution in [2.45, 2.75) is 13.5 Å². The van der Waals surface area contributed by atoms with Crippen molar-refractivity contribution in [1.82, 2.24) is 9.97 Å². The molecule has 0 spiro atoms. The van der Waals surface area contributed by atoms with Gasteiger partial charge in [0.25, 0.3) is 0 Å². The van der Waals surface area contributed by atoms with Crippen molar-refractivity contribution in [3.8, 4) is 17.0 Å². The molecule has 0 fully saturated rings. The summed E-state index contributed by atoms with van der Waals surface area (Å²) in [6.45, 7) is 2.48. The fourth-order valence-corrected chi connectivity index (χ4v) is 2.28. The molecule has 0 aliphatic carbocycles. The number of para-hydroxylation sites is 1. The maximum absolute atomic E-state index is 5.92. The highest BCUT2D eigenvalue weighted by atomic mass is 35.5. The minimum atomic E-state index is 0.447. The molecule has 1 heterocycles. The van der Waals surface area contributed by atoms with Gasteiger partial charge in [0, 0.05) is 10.6 Å². The lowest BCUT2D eigenvalue weighted by atomic mass is 10.1. The normalized spacial score (nSPS) is 10.6. The van der Waals surface area contributed by atoms with Crippen LogP contribution in [0.2, 0.25) is 5.02 Å². The summed E-state index contributed by atoms with van der Waals surface area (Å²) < 4.78 is 5.87. The lowest BCUT2D eigenvalue weighted by Crippen LogP contribution is -1.99. The van der Waals surface area contributed by atoms with Crippen LogP contribution in [-0.4, -0.2) is 9.97 Å². The third-order valence-corrected chi connectivity index (χ3v) is 3.55. The Morgan fingerprint density at radius 3 is 2.62 bits per heavy atom. The van der Waals surface area contributed by atoms with Gasteiger partial charge in [0.05, 0.1) is 17.7 Å². The summed E-state index contributed by atoms with van der Waals surface area (Å²) in [5, 5.41) is 0.715. The average molecular weight is 299 g/mol. The number of aromatic nitrogens is 2. The first-order valence-corrected chi connectivity index (χ1v) is 7.08. The summed E-state index contributed by atoms with van der Waals surface area (Å²) in [6.07, 6.45) is 1.68. The Balaban J connectivity index is 1.80. The van der Waals surface area contributed by atoms with Crippen LogP contribution in [0.1, 0.15) is 11.3 Å². The van der Waals surface area contributed by atoms with Crippen LogP contribution in [0.5, 0.6) is 5.75 Å². The molecule has 106 valence electrons. The number of halogens is 1. The third-order valence-electron chi connectivity index (χ3n) is 3.30. The summed E-state index contributed by atoms with van der Waals surface area (Å²) in [4.78, 5) is 7.51. The predicted octanol–water partition coefficient (Wildman–Crippen LogP) is 4.62. The lowest BCUT2D eigenvalue weighted by molar-refractivity contribution is 0.300. The first kappa shape index (κ1) is 13.7. The maximum Gasteiger partial charge on any atom is 0.130 e. The van der Waals surface area contributed by atoms with Crippen LogP contribution in [0, 0.1) is 6.92 Å². The van der Waals surface area contributed by atoms with Gasteiger partial charge in [-0.2, -0.15) is 0 Å². The molecule has 1 N–H and O–H groups in total. The summed E-state index contributed by atoms with van der Waals surface area (Å²) in [5.41, 5.74) is 3.97. The molecule has 0 atom stereocenters. The van der Waals surface area contributed by atoms with Crippen molar-refractivity contribution in [2.24, 2.45) is 0 Å². The molecule has 0 bridgehead atoms. The van der Waals surface area contributed by atoms with Crippen LogP contribution >= 0.6 is 11.6 Å². The largest absolute Gasteiger partial charge is 0.487 e. The van der Waals surface area contributed by atoms with E-state index in [9.17, 15) is 0 Å². The molecule has 3 rings (SSSR count). The molecule has 1 aromatic heterocycles. The van der Waals surface area contributed by atoms with Crippen LogP contribution in [0.25, 0.3) is 11.3 Å². The van der Waals surface area contributed by atoms with E-state index in [4.69, 9.17) is 16.3 Å². The van der Waals surface area contributed by atoms with Gasteiger partial charge in [0.1, 0.15) is 12.4 Å². The highest BCUT2D eigenvalue weighted by Gasteiger charge is 2.09. The molecule has 0 aliphatic heterocycles. The minimum absolute atomic E-state index is 0.447. The number of imidazole rings is 1. The Kier molecular flexibility index (Phi) is 3.93. The fourth-order valence-electron chi connectivity index (χ4n) is 2.16. The maximum atomic E-state index is 5.92. The van der Waals surface area contributed by atoms with E-state index >= 15 is 0 Å².